The lowest BCUT2D eigenvalue weighted by Crippen LogP contribution is -2.23. The Balaban J connectivity index is 2.79. The predicted octanol–water partition coefficient (Wildman–Crippen LogP) is 2.98. The Morgan fingerprint density at radius 1 is 1.59 bits per heavy atom. The molecule has 0 saturated heterocycles. The number of hydrogen-bond donors (Lipinski definition) is 2. The summed E-state index contributed by atoms with van der Waals surface area (Å²) < 4.78 is 5.66. The summed E-state index contributed by atoms with van der Waals surface area (Å²) in [6.45, 7) is 2.69. The number of hydrogen-bond acceptors (Lipinski definition) is 3. The zero-order valence-corrected chi connectivity index (χ0v) is 11.5. The Bertz CT molecular complexity index is 395. The number of carboxylic acids is 1. The van der Waals surface area contributed by atoms with Gasteiger partial charge in [0.15, 0.2) is 0 Å². The lowest BCUT2D eigenvalue weighted by atomic mass is 10.2. The molecule has 1 unspecified atom stereocenters. The molecule has 0 radical (unpaired) electrons. The lowest BCUT2D eigenvalue weighted by molar-refractivity contribution is 0.0696. The van der Waals surface area contributed by atoms with E-state index in [0.717, 1.165) is 12.1 Å². The summed E-state index contributed by atoms with van der Waals surface area (Å²) in [4.78, 5) is 10.8. The quantitative estimate of drug-likeness (QED) is 0.848. The normalized spacial score (nSPS) is 12.2. The Kier molecular flexibility index (Phi) is 5.44. The van der Waals surface area contributed by atoms with Crippen LogP contribution in [0, 0.1) is 0 Å². The first-order chi connectivity index (χ1) is 8.08. The molecule has 17 heavy (non-hydrogen) atoms. The van der Waals surface area contributed by atoms with Gasteiger partial charge in [-0.05, 0) is 40.5 Å². The maximum absolute atomic E-state index is 10.8. The number of benzene rings is 1. The van der Waals surface area contributed by atoms with Gasteiger partial charge in [-0.3, -0.25) is 0 Å². The first-order valence-corrected chi connectivity index (χ1v) is 6.16. The fraction of sp³-hybridized carbons (Fsp3) is 0.417. The molecule has 0 bridgehead atoms. The molecule has 0 fully saturated rings. The van der Waals surface area contributed by atoms with Gasteiger partial charge in [-0.15, -0.1) is 0 Å². The van der Waals surface area contributed by atoms with Gasteiger partial charge >= 0.3 is 5.97 Å². The van der Waals surface area contributed by atoms with Gasteiger partial charge in [0, 0.05) is 23.3 Å². The number of ether oxygens (including phenoxy) is 1. The van der Waals surface area contributed by atoms with Gasteiger partial charge < -0.3 is 15.2 Å². The molecule has 0 saturated carbocycles. The van der Waals surface area contributed by atoms with Crippen LogP contribution in [-0.2, 0) is 4.74 Å². The second-order valence-corrected chi connectivity index (χ2v) is 4.56. The highest BCUT2D eigenvalue weighted by Crippen LogP contribution is 2.22. The highest BCUT2D eigenvalue weighted by atomic mass is 79.9. The summed E-state index contributed by atoms with van der Waals surface area (Å²) in [5.74, 6) is -0.938. The van der Waals surface area contributed by atoms with Crippen LogP contribution in [0.25, 0.3) is 0 Å². The summed E-state index contributed by atoms with van der Waals surface area (Å²) in [5, 5.41) is 12.2. The van der Waals surface area contributed by atoms with Crippen LogP contribution >= 0.6 is 15.9 Å². The van der Waals surface area contributed by atoms with E-state index in [0.29, 0.717) is 11.1 Å². The lowest BCUT2D eigenvalue weighted by Gasteiger charge is -2.17. The topological polar surface area (TPSA) is 58.6 Å². The third-order valence-corrected chi connectivity index (χ3v) is 3.09. The van der Waals surface area contributed by atoms with Crippen molar-refractivity contribution in [2.24, 2.45) is 0 Å². The first-order valence-electron chi connectivity index (χ1n) is 5.36. The van der Waals surface area contributed by atoms with E-state index < -0.39 is 5.97 Å². The van der Waals surface area contributed by atoms with Crippen molar-refractivity contribution < 1.29 is 14.6 Å². The van der Waals surface area contributed by atoms with Gasteiger partial charge in [0.05, 0.1) is 12.2 Å². The van der Waals surface area contributed by atoms with Crippen LogP contribution in [0.1, 0.15) is 23.7 Å². The number of anilines is 1. The van der Waals surface area contributed by atoms with Gasteiger partial charge in [0.25, 0.3) is 0 Å². The molecular weight excluding hydrogens is 286 g/mol. The summed E-state index contributed by atoms with van der Waals surface area (Å²) in [6.07, 6.45) is 0.937. The Morgan fingerprint density at radius 2 is 2.29 bits per heavy atom. The van der Waals surface area contributed by atoms with Gasteiger partial charge in [-0.25, -0.2) is 4.79 Å². The number of carboxylic acid groups (broad SMARTS) is 1. The molecule has 5 heteroatoms. The van der Waals surface area contributed by atoms with E-state index in [1.807, 2.05) is 0 Å². The van der Waals surface area contributed by atoms with E-state index in [-0.39, 0.29) is 11.6 Å². The molecule has 0 aliphatic carbocycles. The van der Waals surface area contributed by atoms with E-state index in [1.165, 1.54) is 0 Å². The third-order valence-electron chi connectivity index (χ3n) is 2.43. The maximum atomic E-state index is 10.8. The Hall–Kier alpha value is -1.07. The van der Waals surface area contributed by atoms with E-state index in [2.05, 4.69) is 28.2 Å². The van der Waals surface area contributed by atoms with Crippen molar-refractivity contribution in [2.75, 3.05) is 19.0 Å². The number of rotatable bonds is 6. The van der Waals surface area contributed by atoms with Crippen molar-refractivity contribution >= 4 is 27.6 Å². The highest BCUT2D eigenvalue weighted by Gasteiger charge is 2.10. The van der Waals surface area contributed by atoms with Crippen molar-refractivity contribution in [1.29, 1.82) is 0 Å². The summed E-state index contributed by atoms with van der Waals surface area (Å²) in [6, 6.07) is 5.32. The SMILES string of the molecule is CCC(COC)Nc1ccc(C(=O)O)c(Br)c1. The molecule has 0 heterocycles. The van der Waals surface area contributed by atoms with Crippen LogP contribution in [0.2, 0.25) is 0 Å². The van der Waals surface area contributed by atoms with Crippen LogP contribution in [0.3, 0.4) is 0 Å². The van der Waals surface area contributed by atoms with E-state index >= 15 is 0 Å². The van der Waals surface area contributed by atoms with Gasteiger partial charge in [-0.1, -0.05) is 6.92 Å². The zero-order chi connectivity index (χ0) is 12.8. The zero-order valence-electron chi connectivity index (χ0n) is 9.87. The molecule has 0 aliphatic rings. The molecule has 0 amide bonds. The van der Waals surface area contributed by atoms with Crippen molar-refractivity contribution in [2.45, 2.75) is 19.4 Å². The number of carbonyl (C=O) groups is 1. The Labute approximate surface area is 109 Å². The number of nitrogens with one attached hydrogen (secondary N) is 1. The third kappa shape index (κ3) is 4.02. The van der Waals surface area contributed by atoms with Crippen LogP contribution in [0.4, 0.5) is 5.69 Å². The highest BCUT2D eigenvalue weighted by molar-refractivity contribution is 9.10. The average Bonchev–Trinajstić information content (AvgIpc) is 2.28. The fourth-order valence-corrected chi connectivity index (χ4v) is 2.03. The monoisotopic (exact) mass is 301 g/mol. The summed E-state index contributed by atoms with van der Waals surface area (Å²) in [5.41, 5.74) is 1.14. The molecule has 2 N–H and O–H groups in total. The first kappa shape index (κ1) is 14.0. The maximum Gasteiger partial charge on any atom is 0.336 e. The van der Waals surface area contributed by atoms with Crippen molar-refractivity contribution in [3.8, 4) is 0 Å². The number of halogens is 1. The van der Waals surface area contributed by atoms with E-state index in [1.54, 1.807) is 25.3 Å². The molecule has 0 spiro atoms. The molecule has 1 aromatic rings. The largest absolute Gasteiger partial charge is 0.478 e. The number of aromatic carboxylic acids is 1. The van der Waals surface area contributed by atoms with Crippen molar-refractivity contribution in [1.82, 2.24) is 0 Å². The Morgan fingerprint density at radius 3 is 2.76 bits per heavy atom. The standard InChI is InChI=1S/C12H16BrNO3/c1-3-8(7-17-2)14-9-4-5-10(12(15)16)11(13)6-9/h4-6,8,14H,3,7H2,1-2H3,(H,15,16). The van der Waals surface area contributed by atoms with E-state index in [4.69, 9.17) is 9.84 Å². The van der Waals surface area contributed by atoms with Crippen LogP contribution in [-0.4, -0.2) is 30.8 Å². The minimum Gasteiger partial charge on any atom is -0.478 e. The van der Waals surface area contributed by atoms with Crippen molar-refractivity contribution in [3.63, 3.8) is 0 Å². The molecule has 1 atom stereocenters. The van der Waals surface area contributed by atoms with Crippen LogP contribution in [0.5, 0.6) is 0 Å². The van der Waals surface area contributed by atoms with Crippen molar-refractivity contribution in [3.05, 3.63) is 28.2 Å². The molecule has 1 aromatic carbocycles. The van der Waals surface area contributed by atoms with Crippen LogP contribution < -0.4 is 5.32 Å². The fourth-order valence-electron chi connectivity index (χ4n) is 1.48. The average molecular weight is 302 g/mol. The second kappa shape index (κ2) is 6.61. The second-order valence-electron chi connectivity index (χ2n) is 3.70. The number of methoxy groups -OCH3 is 1. The van der Waals surface area contributed by atoms with Gasteiger partial charge in [-0.2, -0.15) is 0 Å². The molecule has 0 aliphatic heterocycles. The van der Waals surface area contributed by atoms with E-state index in [9.17, 15) is 4.79 Å². The van der Waals surface area contributed by atoms with Gasteiger partial charge in [0.1, 0.15) is 0 Å². The smallest absolute Gasteiger partial charge is 0.336 e. The summed E-state index contributed by atoms with van der Waals surface area (Å²) in [7, 11) is 1.66. The molecule has 0 aromatic heterocycles. The molecular formula is C12H16BrNO3. The predicted molar refractivity (Wildman–Crippen MR) is 70.7 cm³/mol. The van der Waals surface area contributed by atoms with Gasteiger partial charge in [0.2, 0.25) is 0 Å². The molecule has 94 valence electrons. The summed E-state index contributed by atoms with van der Waals surface area (Å²) >= 11 is 3.25. The van der Waals surface area contributed by atoms with Crippen LogP contribution in [0.15, 0.2) is 22.7 Å². The molecule has 4 nitrogen and oxygen atoms in total. The minimum absolute atomic E-state index is 0.225. The minimum atomic E-state index is -0.938. The molecule has 1 rings (SSSR count).